The van der Waals surface area contributed by atoms with Gasteiger partial charge in [0.25, 0.3) is 5.91 Å². The van der Waals surface area contributed by atoms with Crippen molar-refractivity contribution < 1.29 is 14.0 Å². The molecule has 4 rings (SSSR count). The van der Waals surface area contributed by atoms with Gasteiger partial charge in [-0.1, -0.05) is 32.0 Å². The second-order valence-electron chi connectivity index (χ2n) is 8.14. The third kappa shape index (κ3) is 4.45. The van der Waals surface area contributed by atoms with Crippen LogP contribution in [0.1, 0.15) is 42.2 Å². The molecule has 0 fully saturated rings. The fourth-order valence-electron chi connectivity index (χ4n) is 3.77. The molecule has 0 aliphatic carbocycles. The number of carbonyl (C=O) groups excluding carboxylic acids is 2. The molecule has 0 bridgehead atoms. The summed E-state index contributed by atoms with van der Waals surface area (Å²) in [5.41, 5.74) is 2.94. The van der Waals surface area contributed by atoms with Gasteiger partial charge in [0.15, 0.2) is 0 Å². The Morgan fingerprint density at radius 2 is 1.94 bits per heavy atom. The van der Waals surface area contributed by atoms with E-state index in [1.807, 2.05) is 45.0 Å². The molecule has 0 radical (unpaired) electrons. The third-order valence-electron chi connectivity index (χ3n) is 5.26. The lowest BCUT2D eigenvalue weighted by Crippen LogP contribution is -2.47. The van der Waals surface area contributed by atoms with Crippen LogP contribution in [-0.4, -0.2) is 27.8 Å². The molecular formula is C24H26N4O3. The van der Waals surface area contributed by atoms with E-state index < -0.39 is 6.04 Å². The third-order valence-corrected chi connectivity index (χ3v) is 5.26. The summed E-state index contributed by atoms with van der Waals surface area (Å²) in [6.45, 7) is 6.17. The van der Waals surface area contributed by atoms with Crippen molar-refractivity contribution in [1.29, 1.82) is 0 Å². The first kappa shape index (κ1) is 20.7. The smallest absolute Gasteiger partial charge is 0.270 e. The summed E-state index contributed by atoms with van der Waals surface area (Å²) < 4.78 is 5.26. The van der Waals surface area contributed by atoms with Gasteiger partial charge in [-0.3, -0.25) is 9.59 Å². The van der Waals surface area contributed by atoms with E-state index in [1.54, 1.807) is 24.5 Å². The van der Waals surface area contributed by atoms with Crippen molar-refractivity contribution >= 4 is 33.6 Å². The average molecular weight is 418 g/mol. The van der Waals surface area contributed by atoms with E-state index in [2.05, 4.69) is 20.6 Å². The quantitative estimate of drug-likeness (QED) is 0.421. The Labute approximate surface area is 180 Å². The van der Waals surface area contributed by atoms with Gasteiger partial charge in [0.05, 0.1) is 24.0 Å². The van der Waals surface area contributed by atoms with Crippen LogP contribution < -0.4 is 10.6 Å². The molecule has 0 saturated carbocycles. The van der Waals surface area contributed by atoms with Crippen molar-refractivity contribution in [3.8, 4) is 0 Å². The molecule has 7 heteroatoms. The van der Waals surface area contributed by atoms with E-state index in [0.717, 1.165) is 27.5 Å². The summed E-state index contributed by atoms with van der Waals surface area (Å²) in [6, 6.07) is 12.6. The summed E-state index contributed by atoms with van der Waals surface area (Å²) in [4.78, 5) is 33.7. The second kappa shape index (κ2) is 8.63. The number of nitrogens with one attached hydrogen (secondary N) is 3. The minimum absolute atomic E-state index is 0.227. The Balaban J connectivity index is 1.56. The fraction of sp³-hybridized carbons (Fsp3) is 0.292. The number of amides is 2. The largest absolute Gasteiger partial charge is 0.467 e. The van der Waals surface area contributed by atoms with Gasteiger partial charge in [-0.05, 0) is 43.5 Å². The predicted octanol–water partition coefficient (Wildman–Crippen LogP) is 4.08. The minimum Gasteiger partial charge on any atom is -0.467 e. The molecule has 4 aromatic rings. The molecule has 3 heterocycles. The maximum absolute atomic E-state index is 13.0. The van der Waals surface area contributed by atoms with Gasteiger partial charge in [-0.25, -0.2) is 4.98 Å². The maximum atomic E-state index is 13.0. The van der Waals surface area contributed by atoms with Gasteiger partial charge >= 0.3 is 0 Å². The number of pyridine rings is 1. The molecule has 3 aromatic heterocycles. The number of aromatic amines is 1. The van der Waals surface area contributed by atoms with E-state index >= 15 is 0 Å². The number of hydrogen-bond donors (Lipinski definition) is 3. The van der Waals surface area contributed by atoms with Crippen LogP contribution >= 0.6 is 0 Å². The first-order chi connectivity index (χ1) is 14.9. The van der Waals surface area contributed by atoms with Crippen LogP contribution in [0.3, 0.4) is 0 Å². The number of fused-ring (bicyclic) bond motifs is 3. The first-order valence-corrected chi connectivity index (χ1v) is 10.4. The number of aromatic nitrogens is 2. The van der Waals surface area contributed by atoms with Crippen molar-refractivity contribution in [3.05, 3.63) is 65.9 Å². The van der Waals surface area contributed by atoms with Gasteiger partial charge in [-0.15, -0.1) is 0 Å². The number of hydrogen-bond acceptors (Lipinski definition) is 4. The average Bonchev–Trinajstić information content (AvgIpc) is 3.39. The number of para-hydroxylation sites is 1. The summed E-state index contributed by atoms with van der Waals surface area (Å²) in [7, 11) is 0. The highest BCUT2D eigenvalue weighted by atomic mass is 16.3. The highest BCUT2D eigenvalue weighted by Gasteiger charge is 2.24. The monoisotopic (exact) mass is 418 g/mol. The molecule has 1 aromatic carbocycles. The number of H-pyrrole nitrogens is 1. The van der Waals surface area contributed by atoms with Crippen molar-refractivity contribution in [2.24, 2.45) is 5.92 Å². The Kier molecular flexibility index (Phi) is 5.75. The number of nitrogens with zero attached hydrogens (tertiary/aromatic N) is 1. The summed E-state index contributed by atoms with van der Waals surface area (Å²) >= 11 is 0. The number of aryl methyl sites for hydroxylation is 1. The van der Waals surface area contributed by atoms with E-state index in [0.29, 0.717) is 17.9 Å². The van der Waals surface area contributed by atoms with E-state index in [1.165, 1.54) is 0 Å². The molecule has 0 aliphatic heterocycles. The molecular weight excluding hydrogens is 392 g/mol. The van der Waals surface area contributed by atoms with Gasteiger partial charge in [0.2, 0.25) is 5.91 Å². The van der Waals surface area contributed by atoms with Gasteiger partial charge in [0.1, 0.15) is 17.5 Å². The van der Waals surface area contributed by atoms with Crippen LogP contribution in [0, 0.1) is 12.8 Å². The van der Waals surface area contributed by atoms with Crippen LogP contribution in [0.5, 0.6) is 0 Å². The Morgan fingerprint density at radius 3 is 2.68 bits per heavy atom. The van der Waals surface area contributed by atoms with Crippen LogP contribution in [0.2, 0.25) is 0 Å². The van der Waals surface area contributed by atoms with E-state index in [9.17, 15) is 9.59 Å². The molecule has 0 aliphatic rings. The van der Waals surface area contributed by atoms with Crippen LogP contribution in [0.15, 0.2) is 53.1 Å². The molecule has 0 saturated heterocycles. The molecule has 7 nitrogen and oxygen atoms in total. The Bertz CT molecular complexity index is 1220. The minimum atomic E-state index is -0.664. The Morgan fingerprint density at radius 1 is 1.13 bits per heavy atom. The van der Waals surface area contributed by atoms with E-state index in [-0.39, 0.29) is 24.3 Å². The summed E-state index contributed by atoms with van der Waals surface area (Å²) in [5.74, 6) is 0.271. The van der Waals surface area contributed by atoms with Gasteiger partial charge in [0, 0.05) is 16.3 Å². The van der Waals surface area contributed by atoms with Crippen LogP contribution in [0.25, 0.3) is 21.8 Å². The topological polar surface area (TPSA) is 100 Å². The number of rotatable bonds is 7. The van der Waals surface area contributed by atoms with Crippen molar-refractivity contribution in [2.45, 2.75) is 39.8 Å². The zero-order valence-electron chi connectivity index (χ0n) is 17.9. The normalized spacial score (nSPS) is 12.4. The molecule has 2 amide bonds. The number of carbonyl (C=O) groups is 2. The molecule has 0 spiro atoms. The molecule has 3 N–H and O–H groups in total. The SMILES string of the molecule is Cc1nc(C(=O)NC(CC(C)C)C(=O)NCc2ccco2)cc2c1[nH]c1ccccc12. The lowest BCUT2D eigenvalue weighted by atomic mass is 10.0. The van der Waals surface area contributed by atoms with Crippen molar-refractivity contribution in [1.82, 2.24) is 20.6 Å². The Hall–Kier alpha value is -3.61. The number of benzene rings is 1. The van der Waals surface area contributed by atoms with Gasteiger partial charge < -0.3 is 20.0 Å². The zero-order chi connectivity index (χ0) is 22.0. The van der Waals surface area contributed by atoms with Crippen LogP contribution in [0.4, 0.5) is 0 Å². The standard InChI is InChI=1S/C24H26N4O3/c1-14(2)11-20(23(29)25-13-16-7-6-10-31-16)28-24(30)21-12-18-17-8-4-5-9-19(17)27-22(18)15(3)26-21/h4-10,12,14,20,27H,11,13H2,1-3H3,(H,25,29)(H,28,30). The van der Waals surface area contributed by atoms with Crippen LogP contribution in [-0.2, 0) is 11.3 Å². The lowest BCUT2D eigenvalue weighted by Gasteiger charge is -2.20. The van der Waals surface area contributed by atoms with E-state index in [4.69, 9.17) is 4.42 Å². The molecule has 1 unspecified atom stereocenters. The highest BCUT2D eigenvalue weighted by molar-refractivity contribution is 6.10. The first-order valence-electron chi connectivity index (χ1n) is 10.4. The summed E-state index contributed by atoms with van der Waals surface area (Å²) in [6.07, 6.45) is 2.08. The van der Waals surface area contributed by atoms with Crippen molar-refractivity contribution in [3.63, 3.8) is 0 Å². The zero-order valence-corrected chi connectivity index (χ0v) is 17.9. The molecule has 1 atom stereocenters. The lowest BCUT2D eigenvalue weighted by molar-refractivity contribution is -0.123. The predicted molar refractivity (Wildman–Crippen MR) is 120 cm³/mol. The maximum Gasteiger partial charge on any atom is 0.270 e. The summed E-state index contributed by atoms with van der Waals surface area (Å²) in [5, 5.41) is 7.68. The fourth-order valence-corrected chi connectivity index (χ4v) is 3.77. The molecule has 160 valence electrons. The van der Waals surface area contributed by atoms with Crippen molar-refractivity contribution in [2.75, 3.05) is 0 Å². The second-order valence-corrected chi connectivity index (χ2v) is 8.14. The number of furan rings is 1. The van der Waals surface area contributed by atoms with Gasteiger partial charge in [-0.2, -0.15) is 0 Å². The highest BCUT2D eigenvalue weighted by Crippen LogP contribution is 2.27. The molecule has 31 heavy (non-hydrogen) atoms.